The van der Waals surface area contributed by atoms with Crippen LogP contribution in [0.3, 0.4) is 0 Å². The number of thiazole rings is 1. The van der Waals surface area contributed by atoms with Crippen LogP contribution < -0.4 is 4.74 Å². The first-order valence-corrected chi connectivity index (χ1v) is 10.3. The van der Waals surface area contributed by atoms with Gasteiger partial charge in [0.1, 0.15) is 28.9 Å². The molecule has 6 nitrogen and oxygen atoms in total. The van der Waals surface area contributed by atoms with Gasteiger partial charge in [-0.2, -0.15) is 0 Å². The number of rotatable bonds is 7. The lowest BCUT2D eigenvalue weighted by Crippen LogP contribution is -1.96. The molecule has 4 aromatic rings. The SMILES string of the molecule is Cc1occc1-c1nnc(SCc2csc(COc3ccc(F)cc3)n2)n1C. The van der Waals surface area contributed by atoms with E-state index in [1.165, 1.54) is 23.5 Å². The van der Waals surface area contributed by atoms with Crippen molar-refractivity contribution in [1.29, 1.82) is 0 Å². The van der Waals surface area contributed by atoms with Crippen molar-refractivity contribution in [2.45, 2.75) is 24.4 Å². The molecule has 144 valence electrons. The summed E-state index contributed by atoms with van der Waals surface area (Å²) in [4.78, 5) is 4.58. The van der Waals surface area contributed by atoms with Gasteiger partial charge in [-0.1, -0.05) is 11.8 Å². The molecule has 0 aliphatic heterocycles. The molecule has 3 aromatic heterocycles. The average Bonchev–Trinajstić information content (AvgIpc) is 3.40. The Morgan fingerprint density at radius 3 is 2.79 bits per heavy atom. The second-order valence-electron chi connectivity index (χ2n) is 6.02. The molecular formula is C19H17FN4O2S2. The van der Waals surface area contributed by atoms with Gasteiger partial charge < -0.3 is 13.7 Å². The zero-order valence-electron chi connectivity index (χ0n) is 15.3. The summed E-state index contributed by atoms with van der Waals surface area (Å²) in [5, 5.41) is 12.2. The van der Waals surface area contributed by atoms with E-state index in [0.29, 0.717) is 18.1 Å². The van der Waals surface area contributed by atoms with E-state index in [-0.39, 0.29) is 5.82 Å². The largest absolute Gasteiger partial charge is 0.486 e. The lowest BCUT2D eigenvalue weighted by molar-refractivity contribution is 0.305. The molecule has 0 spiro atoms. The number of halogens is 1. The molecule has 0 saturated carbocycles. The van der Waals surface area contributed by atoms with Crippen LogP contribution in [0.4, 0.5) is 4.39 Å². The fourth-order valence-corrected chi connectivity index (χ4v) is 4.20. The number of thioether (sulfide) groups is 1. The van der Waals surface area contributed by atoms with Gasteiger partial charge in [0.25, 0.3) is 0 Å². The Bertz CT molecular complexity index is 1070. The quantitative estimate of drug-likeness (QED) is 0.401. The van der Waals surface area contributed by atoms with E-state index in [0.717, 1.165) is 33.0 Å². The Balaban J connectivity index is 1.35. The van der Waals surface area contributed by atoms with Crippen molar-refractivity contribution in [3.05, 3.63) is 64.3 Å². The first kappa shape index (κ1) is 18.7. The van der Waals surface area contributed by atoms with Crippen LogP contribution in [0.25, 0.3) is 11.4 Å². The number of hydrogen-bond donors (Lipinski definition) is 0. The number of nitrogens with zero attached hydrogens (tertiary/aromatic N) is 4. The van der Waals surface area contributed by atoms with Crippen LogP contribution in [0.1, 0.15) is 16.5 Å². The average molecular weight is 417 g/mol. The second kappa shape index (κ2) is 8.15. The van der Waals surface area contributed by atoms with Gasteiger partial charge in [-0.25, -0.2) is 9.37 Å². The zero-order chi connectivity index (χ0) is 19.5. The lowest BCUT2D eigenvalue weighted by atomic mass is 10.2. The van der Waals surface area contributed by atoms with Gasteiger partial charge in [0.05, 0.1) is 17.5 Å². The van der Waals surface area contributed by atoms with Crippen molar-refractivity contribution in [3.63, 3.8) is 0 Å². The first-order valence-electron chi connectivity index (χ1n) is 8.48. The van der Waals surface area contributed by atoms with E-state index in [9.17, 15) is 4.39 Å². The van der Waals surface area contributed by atoms with Crippen molar-refractivity contribution in [3.8, 4) is 17.1 Å². The predicted octanol–water partition coefficient (Wildman–Crippen LogP) is 4.85. The highest BCUT2D eigenvalue weighted by atomic mass is 32.2. The highest BCUT2D eigenvalue weighted by Crippen LogP contribution is 2.28. The highest BCUT2D eigenvalue weighted by Gasteiger charge is 2.15. The minimum atomic E-state index is -0.282. The molecule has 0 amide bonds. The maximum Gasteiger partial charge on any atom is 0.191 e. The number of aryl methyl sites for hydroxylation is 1. The van der Waals surface area contributed by atoms with Crippen LogP contribution in [0.15, 0.2) is 51.5 Å². The molecule has 0 aliphatic carbocycles. The van der Waals surface area contributed by atoms with Gasteiger partial charge >= 0.3 is 0 Å². The van der Waals surface area contributed by atoms with Crippen LogP contribution in [0.5, 0.6) is 5.75 Å². The Hall–Kier alpha value is -2.65. The lowest BCUT2D eigenvalue weighted by Gasteiger charge is -2.03. The smallest absolute Gasteiger partial charge is 0.191 e. The second-order valence-corrected chi connectivity index (χ2v) is 7.90. The Morgan fingerprint density at radius 2 is 2.04 bits per heavy atom. The summed E-state index contributed by atoms with van der Waals surface area (Å²) in [5.74, 6) is 2.62. The third kappa shape index (κ3) is 4.10. The number of benzene rings is 1. The molecule has 0 unspecified atom stereocenters. The van der Waals surface area contributed by atoms with Crippen LogP contribution in [-0.2, 0) is 19.4 Å². The van der Waals surface area contributed by atoms with Gasteiger partial charge in [0, 0.05) is 18.2 Å². The maximum absolute atomic E-state index is 12.9. The molecule has 0 N–H and O–H groups in total. The van der Waals surface area contributed by atoms with Crippen molar-refractivity contribution >= 4 is 23.1 Å². The molecule has 0 fully saturated rings. The standard InChI is InChI=1S/C19H17FN4O2S2/c1-12-16(7-8-25-12)18-22-23-19(24(18)2)28-11-14-10-27-17(21-14)9-26-15-5-3-13(20)4-6-15/h3-8,10H,9,11H2,1-2H3. The summed E-state index contributed by atoms with van der Waals surface area (Å²) in [6.07, 6.45) is 1.65. The summed E-state index contributed by atoms with van der Waals surface area (Å²) in [5.41, 5.74) is 1.90. The minimum Gasteiger partial charge on any atom is -0.486 e. The molecular weight excluding hydrogens is 399 g/mol. The van der Waals surface area contributed by atoms with E-state index in [1.807, 2.05) is 30.0 Å². The van der Waals surface area contributed by atoms with E-state index in [1.54, 1.807) is 30.2 Å². The fourth-order valence-electron chi connectivity index (χ4n) is 2.59. The van der Waals surface area contributed by atoms with Crippen LogP contribution >= 0.6 is 23.1 Å². The predicted molar refractivity (Wildman–Crippen MR) is 106 cm³/mol. The molecule has 4 rings (SSSR count). The summed E-state index contributed by atoms with van der Waals surface area (Å²) < 4.78 is 25.9. The molecule has 3 heterocycles. The van der Waals surface area contributed by atoms with Crippen LogP contribution in [0.2, 0.25) is 0 Å². The van der Waals surface area contributed by atoms with Crippen molar-refractivity contribution in [1.82, 2.24) is 19.7 Å². The van der Waals surface area contributed by atoms with Gasteiger partial charge in [0.2, 0.25) is 0 Å². The van der Waals surface area contributed by atoms with Gasteiger partial charge in [0.15, 0.2) is 11.0 Å². The van der Waals surface area contributed by atoms with Crippen molar-refractivity contribution in [2.24, 2.45) is 7.05 Å². The van der Waals surface area contributed by atoms with E-state index in [4.69, 9.17) is 9.15 Å². The van der Waals surface area contributed by atoms with Gasteiger partial charge in [-0.3, -0.25) is 0 Å². The summed E-state index contributed by atoms with van der Waals surface area (Å²) >= 11 is 3.11. The molecule has 9 heteroatoms. The summed E-state index contributed by atoms with van der Waals surface area (Å²) in [7, 11) is 1.94. The maximum atomic E-state index is 12.9. The minimum absolute atomic E-state index is 0.282. The highest BCUT2D eigenvalue weighted by molar-refractivity contribution is 7.98. The van der Waals surface area contributed by atoms with E-state index < -0.39 is 0 Å². The monoisotopic (exact) mass is 416 g/mol. The van der Waals surface area contributed by atoms with E-state index in [2.05, 4.69) is 15.2 Å². The third-order valence-corrected chi connectivity index (χ3v) is 5.98. The first-order chi connectivity index (χ1) is 13.6. The zero-order valence-corrected chi connectivity index (χ0v) is 16.9. The molecule has 0 atom stereocenters. The van der Waals surface area contributed by atoms with Gasteiger partial charge in [-0.15, -0.1) is 21.5 Å². The fraction of sp³-hybridized carbons (Fsp3) is 0.211. The number of ether oxygens (including phenoxy) is 1. The van der Waals surface area contributed by atoms with Crippen molar-refractivity contribution < 1.29 is 13.5 Å². The molecule has 0 bridgehead atoms. The molecule has 0 saturated heterocycles. The number of hydrogen-bond acceptors (Lipinski definition) is 7. The van der Waals surface area contributed by atoms with Crippen LogP contribution in [-0.4, -0.2) is 19.7 Å². The Kier molecular flexibility index (Phi) is 5.45. The molecule has 0 radical (unpaired) electrons. The van der Waals surface area contributed by atoms with Crippen molar-refractivity contribution in [2.75, 3.05) is 0 Å². The topological polar surface area (TPSA) is 66.0 Å². The third-order valence-electron chi connectivity index (χ3n) is 4.06. The van der Waals surface area contributed by atoms with Gasteiger partial charge in [-0.05, 0) is 37.3 Å². The normalized spacial score (nSPS) is 11.1. The van der Waals surface area contributed by atoms with Crippen LogP contribution in [0, 0.1) is 12.7 Å². The summed E-state index contributed by atoms with van der Waals surface area (Å²) in [6.45, 7) is 2.26. The molecule has 28 heavy (non-hydrogen) atoms. The van der Waals surface area contributed by atoms with E-state index >= 15 is 0 Å². The number of aromatic nitrogens is 4. The summed E-state index contributed by atoms with van der Waals surface area (Å²) in [6, 6.07) is 7.85. The number of furan rings is 1. The molecule has 0 aliphatic rings. The Labute approximate surface area is 169 Å². The molecule has 1 aromatic carbocycles. The Morgan fingerprint density at radius 1 is 1.21 bits per heavy atom.